The number of aromatic carboxylic acids is 1. The molecule has 13 nitrogen and oxygen atoms in total. The molecule has 0 spiro atoms. The van der Waals surface area contributed by atoms with Gasteiger partial charge >= 0.3 is 5.97 Å². The van der Waals surface area contributed by atoms with Crippen LogP contribution in [0.3, 0.4) is 0 Å². The number of nitrogens with zero attached hydrogens (tertiary/aromatic N) is 7. The van der Waals surface area contributed by atoms with Crippen molar-refractivity contribution >= 4 is 24.3 Å². The van der Waals surface area contributed by atoms with Gasteiger partial charge in [0.15, 0.2) is 11.6 Å². The predicted molar refractivity (Wildman–Crippen MR) is 275 cm³/mol. The molecule has 0 bridgehead atoms. The molecular formula is C56H61ClF4N10O3. The highest BCUT2D eigenvalue weighted by Crippen LogP contribution is 2.52. The zero-order chi connectivity index (χ0) is 52.0. The van der Waals surface area contributed by atoms with Gasteiger partial charge in [0.1, 0.15) is 11.6 Å². The van der Waals surface area contributed by atoms with E-state index in [1.807, 2.05) is 68.1 Å². The number of aryl methyl sites for hydroxylation is 4. The number of benzene rings is 4. The van der Waals surface area contributed by atoms with Gasteiger partial charge in [0, 0.05) is 68.3 Å². The molecule has 74 heavy (non-hydrogen) atoms. The van der Waals surface area contributed by atoms with Crippen LogP contribution in [0.2, 0.25) is 0 Å². The molecule has 2 aliphatic carbocycles. The van der Waals surface area contributed by atoms with Crippen LogP contribution < -0.4 is 5.32 Å². The van der Waals surface area contributed by atoms with E-state index >= 15 is 0 Å². The van der Waals surface area contributed by atoms with Crippen LogP contribution in [0.25, 0.3) is 22.8 Å². The number of halogens is 5. The Morgan fingerprint density at radius 1 is 0.649 bits per heavy atom. The van der Waals surface area contributed by atoms with Crippen LogP contribution in [0.1, 0.15) is 166 Å². The monoisotopic (exact) mass is 1030 g/mol. The number of hydrogen-bond donors (Lipinski definition) is 4. The number of carbonyl (C=O) groups is 2. The van der Waals surface area contributed by atoms with Crippen molar-refractivity contribution in [3.63, 3.8) is 0 Å². The molecule has 0 radical (unpaired) electrons. The maximum Gasteiger partial charge on any atom is 0.335 e. The lowest BCUT2D eigenvalue weighted by atomic mass is 9.74. The smallest absolute Gasteiger partial charge is 0.335 e. The first kappa shape index (κ1) is 54.8. The number of hydrogen-bond acceptors (Lipinski definition) is 9. The minimum Gasteiger partial charge on any atom is -0.478 e. The lowest BCUT2D eigenvalue weighted by molar-refractivity contribution is -0.0872. The number of likely N-dealkylation sites (tertiary alicyclic amines) is 1. The van der Waals surface area contributed by atoms with E-state index in [-0.39, 0.29) is 61.4 Å². The van der Waals surface area contributed by atoms with Crippen molar-refractivity contribution in [2.24, 2.45) is 0 Å². The summed E-state index contributed by atoms with van der Waals surface area (Å²) in [5, 5.41) is 44.5. The number of carboxylic acid groups (broad SMARTS) is 1. The summed E-state index contributed by atoms with van der Waals surface area (Å²) < 4.78 is 53.9. The van der Waals surface area contributed by atoms with Gasteiger partial charge in [0.2, 0.25) is 11.8 Å². The average Bonchev–Trinajstić information content (AvgIpc) is 4.08. The number of piperidine rings is 2. The molecule has 4 aliphatic rings. The van der Waals surface area contributed by atoms with Crippen molar-refractivity contribution in [2.45, 2.75) is 127 Å². The summed E-state index contributed by atoms with van der Waals surface area (Å²) >= 11 is 0. The van der Waals surface area contributed by atoms with Gasteiger partial charge in [-0.3, -0.25) is 15.0 Å². The molecule has 388 valence electrons. The Morgan fingerprint density at radius 2 is 1.05 bits per heavy atom. The molecule has 2 saturated heterocycles. The Bertz CT molecular complexity index is 3010. The number of nitriles is 2. The van der Waals surface area contributed by atoms with Gasteiger partial charge in [0.25, 0.3) is 5.91 Å². The molecule has 4 fully saturated rings. The summed E-state index contributed by atoms with van der Waals surface area (Å²) in [6.07, 6.45) is 4.61. The third-order valence-corrected chi connectivity index (χ3v) is 14.7. The van der Waals surface area contributed by atoms with Gasteiger partial charge in [0.05, 0.1) is 28.8 Å². The second kappa shape index (κ2) is 23.5. The number of alkyl halides is 4. The van der Waals surface area contributed by atoms with Crippen molar-refractivity contribution in [3.8, 4) is 34.9 Å². The quantitative estimate of drug-likeness (QED) is 0.0957. The summed E-state index contributed by atoms with van der Waals surface area (Å²) in [4.78, 5) is 35.7. The topological polar surface area (TPSA) is 200 Å². The van der Waals surface area contributed by atoms with Crippen molar-refractivity contribution in [1.82, 2.24) is 40.6 Å². The summed E-state index contributed by atoms with van der Waals surface area (Å²) in [5.41, 5.74) is 8.67. The van der Waals surface area contributed by atoms with Crippen LogP contribution in [-0.2, 0) is 12.8 Å². The van der Waals surface area contributed by atoms with E-state index in [0.29, 0.717) is 94.4 Å². The van der Waals surface area contributed by atoms with E-state index in [9.17, 15) is 32.3 Å². The Labute approximate surface area is 434 Å². The first-order valence-electron chi connectivity index (χ1n) is 25.1. The van der Waals surface area contributed by atoms with Crippen LogP contribution in [0.15, 0.2) is 72.8 Å². The molecule has 18 heteroatoms. The molecule has 1 amide bonds. The number of nitrogens with one attached hydrogen (secondary N) is 3. The van der Waals surface area contributed by atoms with Crippen LogP contribution in [0, 0.1) is 36.5 Å². The molecule has 10 rings (SSSR count). The average molecular weight is 1030 g/mol. The standard InChI is InChI=1S/C28H29F2N5O.C16H17F2N3O2.C12H14N2.ClH/c1-3-25-32-26(34-33-25)24-13-22(17(2)12-23(24)21-14-28(29,30)15-21)27(36)35-10-8-20(9-11-35)19-6-4-18(16-31)5-7-19;1-3-13-19-14(21-20-13)12-5-10(15(22)23)8(2)4-11(12)9-6-16(17,18)7-9;13-9-10-1-3-11(4-2-10)12-5-7-14-8-6-12;/h4-7,12-13,20-21H,3,8-11,14-15H2,1-2H3,(H,32,33,34);4-5,9H,3,6-7H2,1-2H3,(H,22,23)(H,19,20,21);1-4,12,14H,5-8H2;1H. The highest BCUT2D eigenvalue weighted by molar-refractivity contribution is 5.97. The molecule has 4 N–H and O–H groups in total. The number of aromatic nitrogens is 6. The second-order valence-electron chi connectivity index (χ2n) is 19.7. The van der Waals surface area contributed by atoms with Gasteiger partial charge in [-0.1, -0.05) is 50.2 Å². The van der Waals surface area contributed by atoms with E-state index in [4.69, 9.17) is 10.5 Å². The van der Waals surface area contributed by atoms with Crippen LogP contribution in [0.4, 0.5) is 17.6 Å². The van der Waals surface area contributed by atoms with Gasteiger partial charge in [-0.05, 0) is 146 Å². The molecular weight excluding hydrogens is 972 g/mol. The Morgan fingerprint density at radius 3 is 1.43 bits per heavy atom. The molecule has 0 atom stereocenters. The molecule has 4 aromatic carbocycles. The third-order valence-electron chi connectivity index (χ3n) is 14.7. The maximum atomic E-state index is 13.7. The third kappa shape index (κ3) is 12.7. The summed E-state index contributed by atoms with van der Waals surface area (Å²) in [6, 6.07) is 26.8. The number of H-pyrrole nitrogens is 2. The van der Waals surface area contributed by atoms with E-state index in [2.05, 4.69) is 60.0 Å². The molecule has 4 heterocycles. The first-order valence-corrected chi connectivity index (χ1v) is 25.1. The van der Waals surface area contributed by atoms with Gasteiger partial charge in [-0.2, -0.15) is 20.7 Å². The fourth-order valence-corrected chi connectivity index (χ4v) is 10.3. The first-order chi connectivity index (χ1) is 35.0. The SMILES string of the molecule is CCc1nc(-c2cc(C(=O)N3CCC(c4ccc(C#N)cc4)CC3)c(C)cc2C2CC(F)(F)C2)n[nH]1.CCc1nc(-c2cc(C(=O)O)c(C)cc2C2CC(F)(F)C2)n[nH]1.Cl.N#Cc1ccc(C2CCNCC2)cc1. The summed E-state index contributed by atoms with van der Waals surface area (Å²) in [7, 11) is 0. The molecule has 2 saturated carbocycles. The van der Waals surface area contributed by atoms with Gasteiger partial charge in [-0.25, -0.2) is 32.3 Å². The lowest BCUT2D eigenvalue weighted by Gasteiger charge is -2.36. The summed E-state index contributed by atoms with van der Waals surface area (Å²) in [5.74, 6) is -3.74. The van der Waals surface area contributed by atoms with Crippen LogP contribution >= 0.6 is 12.4 Å². The molecule has 0 unspecified atom stereocenters. The normalized spacial score (nSPS) is 17.4. The molecule has 6 aromatic rings. The number of amides is 1. The Hall–Kier alpha value is -6.95. The molecule has 2 aromatic heterocycles. The van der Waals surface area contributed by atoms with Crippen molar-refractivity contribution in [1.29, 1.82) is 10.5 Å². The van der Waals surface area contributed by atoms with Gasteiger partial charge < -0.3 is 15.3 Å². The highest BCUT2D eigenvalue weighted by atomic mass is 35.5. The van der Waals surface area contributed by atoms with E-state index in [1.54, 1.807) is 19.1 Å². The molecule has 2 aliphatic heterocycles. The largest absolute Gasteiger partial charge is 0.478 e. The van der Waals surface area contributed by atoms with E-state index in [0.717, 1.165) is 42.6 Å². The van der Waals surface area contributed by atoms with Crippen LogP contribution in [0.5, 0.6) is 0 Å². The summed E-state index contributed by atoms with van der Waals surface area (Å²) in [6.45, 7) is 10.9. The van der Waals surface area contributed by atoms with Crippen LogP contribution in [-0.4, -0.2) is 90.3 Å². The zero-order valence-electron chi connectivity index (χ0n) is 42.0. The number of aromatic amines is 2. The fraction of sp³-hybridized carbons (Fsp3) is 0.429. The van der Waals surface area contributed by atoms with Crippen molar-refractivity contribution < 1.29 is 32.3 Å². The Kier molecular flexibility index (Phi) is 17.4. The van der Waals surface area contributed by atoms with Crippen molar-refractivity contribution in [3.05, 3.63) is 140 Å². The fourth-order valence-electron chi connectivity index (χ4n) is 10.3. The number of carbonyl (C=O) groups excluding carboxylic acids is 1. The number of carboxylic acids is 1. The predicted octanol–water partition coefficient (Wildman–Crippen LogP) is 11.7. The second-order valence-corrected chi connectivity index (χ2v) is 19.7. The van der Waals surface area contributed by atoms with E-state index < -0.39 is 17.8 Å². The zero-order valence-corrected chi connectivity index (χ0v) is 42.8. The van der Waals surface area contributed by atoms with Gasteiger partial charge in [-0.15, -0.1) is 12.4 Å². The van der Waals surface area contributed by atoms with E-state index in [1.165, 1.54) is 30.0 Å². The minimum absolute atomic E-state index is 0. The minimum atomic E-state index is -2.64. The Balaban J connectivity index is 0.000000179. The highest BCUT2D eigenvalue weighted by Gasteiger charge is 2.48. The van der Waals surface area contributed by atoms with Crippen molar-refractivity contribution in [2.75, 3.05) is 26.2 Å². The lowest BCUT2D eigenvalue weighted by Crippen LogP contribution is -2.38. The number of rotatable bonds is 10. The maximum absolute atomic E-state index is 13.7.